The van der Waals surface area contributed by atoms with Crippen LogP contribution in [0.3, 0.4) is 0 Å². The first kappa shape index (κ1) is 9.07. The van der Waals surface area contributed by atoms with Crippen molar-refractivity contribution in [3.63, 3.8) is 0 Å². The lowest BCUT2D eigenvalue weighted by molar-refractivity contribution is 0.225. The van der Waals surface area contributed by atoms with E-state index in [-0.39, 0.29) is 0 Å². The number of hydrogen-bond donors (Lipinski definition) is 0. The topological polar surface area (TPSA) is 26.3 Å². The normalized spacial score (nSPS) is 9.50. The van der Waals surface area contributed by atoms with Gasteiger partial charge < -0.3 is 4.74 Å². The van der Waals surface area contributed by atoms with Crippen molar-refractivity contribution in [3.8, 4) is 5.75 Å². The zero-order chi connectivity index (χ0) is 8.97. The SMILES string of the molecule is CCc1ccc(OC(=O)Cl)cc1. The Labute approximate surface area is 76.1 Å². The van der Waals surface area contributed by atoms with Gasteiger partial charge in [0.1, 0.15) is 5.75 Å². The molecule has 0 unspecified atom stereocenters. The molecule has 0 N–H and O–H groups in total. The minimum Gasteiger partial charge on any atom is -0.415 e. The molecular weight excluding hydrogens is 176 g/mol. The number of aryl methyl sites for hydroxylation is 1. The van der Waals surface area contributed by atoms with Gasteiger partial charge >= 0.3 is 5.43 Å². The molecule has 0 aliphatic rings. The van der Waals surface area contributed by atoms with Crippen molar-refractivity contribution in [1.82, 2.24) is 0 Å². The van der Waals surface area contributed by atoms with Crippen LogP contribution in [-0.2, 0) is 6.42 Å². The Morgan fingerprint density at radius 3 is 2.42 bits per heavy atom. The molecular formula is C9H9ClO2. The van der Waals surface area contributed by atoms with E-state index in [1.54, 1.807) is 12.1 Å². The Kier molecular flexibility index (Phi) is 3.11. The van der Waals surface area contributed by atoms with Crippen LogP contribution in [-0.4, -0.2) is 5.43 Å². The van der Waals surface area contributed by atoms with Crippen LogP contribution in [0.2, 0.25) is 0 Å². The molecule has 2 nitrogen and oxygen atoms in total. The van der Waals surface area contributed by atoms with Crippen LogP contribution in [0.25, 0.3) is 0 Å². The van der Waals surface area contributed by atoms with Gasteiger partial charge in [-0.3, -0.25) is 0 Å². The molecule has 0 saturated heterocycles. The molecule has 1 rings (SSSR count). The molecule has 0 bridgehead atoms. The van der Waals surface area contributed by atoms with Gasteiger partial charge in [-0.05, 0) is 24.1 Å². The van der Waals surface area contributed by atoms with E-state index in [1.165, 1.54) is 5.56 Å². The molecule has 1 aromatic carbocycles. The van der Waals surface area contributed by atoms with Crippen molar-refractivity contribution in [2.45, 2.75) is 13.3 Å². The van der Waals surface area contributed by atoms with Gasteiger partial charge in [0.05, 0.1) is 0 Å². The first-order valence-corrected chi connectivity index (χ1v) is 4.06. The summed E-state index contributed by atoms with van der Waals surface area (Å²) in [6.45, 7) is 2.06. The van der Waals surface area contributed by atoms with Gasteiger partial charge in [-0.15, -0.1) is 0 Å². The van der Waals surface area contributed by atoms with Crippen LogP contribution < -0.4 is 4.74 Å². The Hall–Kier alpha value is -1.02. The van der Waals surface area contributed by atoms with E-state index >= 15 is 0 Å². The van der Waals surface area contributed by atoms with Crippen LogP contribution in [0.15, 0.2) is 24.3 Å². The van der Waals surface area contributed by atoms with Crippen molar-refractivity contribution in [1.29, 1.82) is 0 Å². The standard InChI is InChI=1S/C9H9ClO2/c1-2-7-3-5-8(6-4-7)12-9(10)11/h3-6H,2H2,1H3. The molecule has 0 aliphatic heterocycles. The number of rotatable bonds is 2. The minimum atomic E-state index is -0.806. The van der Waals surface area contributed by atoms with Gasteiger partial charge in [-0.2, -0.15) is 0 Å². The summed E-state index contributed by atoms with van der Waals surface area (Å²) >= 11 is 5.02. The van der Waals surface area contributed by atoms with E-state index in [9.17, 15) is 4.79 Å². The van der Waals surface area contributed by atoms with Gasteiger partial charge in [0.2, 0.25) is 0 Å². The lowest BCUT2D eigenvalue weighted by Gasteiger charge is -2.00. The Morgan fingerprint density at radius 2 is 2.00 bits per heavy atom. The monoisotopic (exact) mass is 184 g/mol. The summed E-state index contributed by atoms with van der Waals surface area (Å²) in [7, 11) is 0. The lowest BCUT2D eigenvalue weighted by Crippen LogP contribution is -1.95. The van der Waals surface area contributed by atoms with Crippen LogP contribution in [0.4, 0.5) is 4.79 Å². The number of hydrogen-bond acceptors (Lipinski definition) is 2. The summed E-state index contributed by atoms with van der Waals surface area (Å²) in [5.74, 6) is 0.479. The van der Waals surface area contributed by atoms with Gasteiger partial charge in [-0.25, -0.2) is 4.79 Å². The third kappa shape index (κ3) is 2.55. The second kappa shape index (κ2) is 4.12. The number of halogens is 1. The molecule has 1 aromatic rings. The summed E-state index contributed by atoms with van der Waals surface area (Å²) < 4.78 is 4.64. The zero-order valence-electron chi connectivity index (χ0n) is 6.71. The van der Waals surface area contributed by atoms with Crippen molar-refractivity contribution in [2.75, 3.05) is 0 Å². The number of benzene rings is 1. The maximum atomic E-state index is 10.3. The first-order valence-electron chi connectivity index (χ1n) is 3.68. The Morgan fingerprint density at radius 1 is 1.42 bits per heavy atom. The molecule has 0 heterocycles. The van der Waals surface area contributed by atoms with Crippen molar-refractivity contribution in [2.24, 2.45) is 0 Å². The average molecular weight is 185 g/mol. The molecule has 0 atom stereocenters. The fraction of sp³-hybridized carbons (Fsp3) is 0.222. The van der Waals surface area contributed by atoms with E-state index in [2.05, 4.69) is 11.7 Å². The quantitative estimate of drug-likeness (QED) is 0.661. The molecule has 64 valence electrons. The molecule has 12 heavy (non-hydrogen) atoms. The maximum absolute atomic E-state index is 10.3. The summed E-state index contributed by atoms with van der Waals surface area (Å²) in [6, 6.07) is 7.24. The molecule has 0 spiro atoms. The maximum Gasteiger partial charge on any atom is 0.409 e. The van der Waals surface area contributed by atoms with Crippen LogP contribution in [0, 0.1) is 0 Å². The van der Waals surface area contributed by atoms with Crippen molar-refractivity contribution >= 4 is 17.0 Å². The highest BCUT2D eigenvalue weighted by atomic mass is 35.5. The third-order valence-electron chi connectivity index (χ3n) is 1.53. The minimum absolute atomic E-state index is 0.479. The molecule has 0 aromatic heterocycles. The number of ether oxygens (including phenoxy) is 1. The van der Waals surface area contributed by atoms with E-state index < -0.39 is 5.43 Å². The summed E-state index contributed by atoms with van der Waals surface area (Å²) in [4.78, 5) is 10.3. The fourth-order valence-electron chi connectivity index (χ4n) is 0.886. The zero-order valence-corrected chi connectivity index (χ0v) is 7.47. The third-order valence-corrected chi connectivity index (χ3v) is 1.61. The predicted octanol–water partition coefficient (Wildman–Crippen LogP) is 2.99. The summed E-state index contributed by atoms with van der Waals surface area (Å²) in [6.07, 6.45) is 0.967. The smallest absolute Gasteiger partial charge is 0.409 e. The molecule has 0 radical (unpaired) electrons. The summed E-state index contributed by atoms with van der Waals surface area (Å²) in [5.41, 5.74) is 0.392. The van der Waals surface area contributed by atoms with Crippen LogP contribution in [0.1, 0.15) is 12.5 Å². The van der Waals surface area contributed by atoms with E-state index in [1.807, 2.05) is 12.1 Å². The average Bonchev–Trinajstić information content (AvgIpc) is 2.05. The van der Waals surface area contributed by atoms with Gasteiger partial charge in [0.15, 0.2) is 0 Å². The Balaban J connectivity index is 2.71. The second-order valence-electron chi connectivity index (χ2n) is 2.34. The first-order chi connectivity index (χ1) is 5.72. The number of carbonyl (C=O) groups is 1. The fourth-order valence-corrected chi connectivity index (χ4v) is 0.975. The van der Waals surface area contributed by atoms with E-state index in [0.29, 0.717) is 5.75 Å². The highest BCUT2D eigenvalue weighted by Gasteiger charge is 1.98. The largest absolute Gasteiger partial charge is 0.415 e. The van der Waals surface area contributed by atoms with Crippen LogP contribution in [0.5, 0.6) is 5.75 Å². The second-order valence-corrected chi connectivity index (χ2v) is 2.65. The van der Waals surface area contributed by atoms with Gasteiger partial charge in [0.25, 0.3) is 0 Å². The van der Waals surface area contributed by atoms with Crippen molar-refractivity contribution < 1.29 is 9.53 Å². The van der Waals surface area contributed by atoms with E-state index in [0.717, 1.165) is 6.42 Å². The predicted molar refractivity (Wildman–Crippen MR) is 47.7 cm³/mol. The van der Waals surface area contributed by atoms with Gasteiger partial charge in [-0.1, -0.05) is 19.1 Å². The molecule has 3 heteroatoms. The van der Waals surface area contributed by atoms with E-state index in [4.69, 9.17) is 11.6 Å². The molecule has 0 saturated carbocycles. The molecule has 0 aliphatic carbocycles. The highest BCUT2D eigenvalue weighted by molar-refractivity contribution is 6.61. The van der Waals surface area contributed by atoms with Crippen LogP contribution >= 0.6 is 11.6 Å². The molecule has 0 fully saturated rings. The van der Waals surface area contributed by atoms with Gasteiger partial charge in [0, 0.05) is 11.6 Å². The lowest BCUT2D eigenvalue weighted by atomic mass is 10.2. The highest BCUT2D eigenvalue weighted by Crippen LogP contribution is 2.13. The Bertz CT molecular complexity index is 266. The summed E-state index contributed by atoms with van der Waals surface area (Å²) in [5, 5.41) is 0. The molecule has 0 amide bonds. The van der Waals surface area contributed by atoms with Crippen molar-refractivity contribution in [3.05, 3.63) is 29.8 Å². The number of carbonyl (C=O) groups excluding carboxylic acids is 1.